The molecule has 106 valence electrons. The third-order valence-corrected chi connectivity index (χ3v) is 5.20. The summed E-state index contributed by atoms with van der Waals surface area (Å²) >= 11 is 1.72. The number of nitrogens with zero attached hydrogens (tertiary/aromatic N) is 2. The summed E-state index contributed by atoms with van der Waals surface area (Å²) in [6.45, 7) is 4.58. The molecule has 2 heterocycles. The normalized spacial score (nSPS) is 15.5. The summed E-state index contributed by atoms with van der Waals surface area (Å²) in [6, 6.07) is 8.56. The van der Waals surface area contributed by atoms with Crippen LogP contribution in [-0.4, -0.2) is 15.2 Å². The second-order valence-corrected chi connectivity index (χ2v) is 7.18. The summed E-state index contributed by atoms with van der Waals surface area (Å²) in [6.07, 6.45) is 2.76. The van der Waals surface area contributed by atoms with E-state index in [4.69, 9.17) is 10.7 Å². The first-order chi connectivity index (χ1) is 10.1. The molecule has 0 fully saturated rings. The highest BCUT2D eigenvalue weighted by Gasteiger charge is 2.33. The van der Waals surface area contributed by atoms with Crippen molar-refractivity contribution in [2.24, 2.45) is 0 Å². The van der Waals surface area contributed by atoms with E-state index in [-0.39, 0.29) is 5.41 Å². The molecule has 1 aliphatic rings. The van der Waals surface area contributed by atoms with Gasteiger partial charge in [-0.3, -0.25) is 5.10 Å². The standard InChI is InChI=1S/C16H16N4S/c1-16(2)7-12-13(9-5-3-4-6-11(9)16)19-15(21-12)10-8-18-20-14(10)17/h3-6,8H,7H2,1-2H3,(H3,17,18,20). The van der Waals surface area contributed by atoms with Gasteiger partial charge in [0.15, 0.2) is 0 Å². The van der Waals surface area contributed by atoms with Gasteiger partial charge in [-0.05, 0) is 17.4 Å². The highest BCUT2D eigenvalue weighted by atomic mass is 32.1. The fraction of sp³-hybridized carbons (Fsp3) is 0.250. The van der Waals surface area contributed by atoms with Crippen LogP contribution in [0.15, 0.2) is 30.5 Å². The average molecular weight is 296 g/mol. The summed E-state index contributed by atoms with van der Waals surface area (Å²) in [5.41, 5.74) is 10.7. The van der Waals surface area contributed by atoms with Gasteiger partial charge in [0, 0.05) is 10.4 Å². The molecule has 0 radical (unpaired) electrons. The Morgan fingerprint density at radius 2 is 2.05 bits per heavy atom. The van der Waals surface area contributed by atoms with E-state index in [2.05, 4.69) is 48.3 Å². The van der Waals surface area contributed by atoms with Gasteiger partial charge in [-0.1, -0.05) is 38.1 Å². The molecule has 0 unspecified atom stereocenters. The number of H-pyrrole nitrogens is 1. The Bertz CT molecular complexity index is 828. The number of hydrogen-bond acceptors (Lipinski definition) is 4. The zero-order valence-electron chi connectivity index (χ0n) is 12.0. The fourth-order valence-corrected chi connectivity index (χ4v) is 4.37. The van der Waals surface area contributed by atoms with Crippen LogP contribution in [0.2, 0.25) is 0 Å². The summed E-state index contributed by atoms with van der Waals surface area (Å²) in [7, 11) is 0. The lowest BCUT2D eigenvalue weighted by Gasteiger charge is -2.31. The Hall–Kier alpha value is -2.14. The molecular weight excluding hydrogens is 280 g/mol. The number of aromatic amines is 1. The van der Waals surface area contributed by atoms with Gasteiger partial charge in [-0.15, -0.1) is 11.3 Å². The van der Waals surface area contributed by atoms with E-state index in [0.29, 0.717) is 5.82 Å². The van der Waals surface area contributed by atoms with Gasteiger partial charge in [0.2, 0.25) is 0 Å². The predicted molar refractivity (Wildman–Crippen MR) is 86.3 cm³/mol. The Labute approximate surface area is 127 Å². The highest BCUT2D eigenvalue weighted by Crippen LogP contribution is 2.46. The van der Waals surface area contributed by atoms with Gasteiger partial charge in [-0.25, -0.2) is 4.98 Å². The molecule has 4 rings (SSSR count). The predicted octanol–water partition coefficient (Wildman–Crippen LogP) is 3.62. The van der Waals surface area contributed by atoms with Gasteiger partial charge in [0.05, 0.1) is 17.5 Å². The van der Waals surface area contributed by atoms with E-state index in [1.54, 1.807) is 17.5 Å². The van der Waals surface area contributed by atoms with E-state index in [1.807, 2.05) is 0 Å². The molecule has 0 aliphatic heterocycles. The molecule has 3 aromatic rings. The molecule has 0 amide bonds. The van der Waals surface area contributed by atoms with E-state index in [0.717, 1.165) is 22.7 Å². The third kappa shape index (κ3) is 1.81. The summed E-state index contributed by atoms with van der Waals surface area (Å²) < 4.78 is 0. The van der Waals surface area contributed by atoms with Crippen LogP contribution in [0.25, 0.3) is 21.8 Å². The van der Waals surface area contributed by atoms with Crippen molar-refractivity contribution < 1.29 is 0 Å². The van der Waals surface area contributed by atoms with Crippen molar-refractivity contribution in [2.75, 3.05) is 5.73 Å². The molecule has 2 aromatic heterocycles. The minimum absolute atomic E-state index is 0.134. The quantitative estimate of drug-likeness (QED) is 0.720. The molecular formula is C16H16N4S. The lowest BCUT2D eigenvalue weighted by Crippen LogP contribution is -2.24. The maximum atomic E-state index is 5.93. The zero-order valence-corrected chi connectivity index (χ0v) is 12.8. The number of nitrogens with two attached hydrogens (primary N) is 1. The Kier molecular flexibility index (Phi) is 2.50. The average Bonchev–Trinajstić information content (AvgIpc) is 3.04. The van der Waals surface area contributed by atoms with Crippen molar-refractivity contribution >= 4 is 17.2 Å². The van der Waals surface area contributed by atoms with Crippen LogP contribution in [0.1, 0.15) is 24.3 Å². The monoisotopic (exact) mass is 296 g/mol. The molecule has 0 atom stereocenters. The van der Waals surface area contributed by atoms with Crippen LogP contribution in [-0.2, 0) is 11.8 Å². The van der Waals surface area contributed by atoms with Crippen molar-refractivity contribution in [3.8, 4) is 21.8 Å². The van der Waals surface area contributed by atoms with Crippen molar-refractivity contribution in [3.05, 3.63) is 40.9 Å². The molecule has 0 bridgehead atoms. The third-order valence-electron chi connectivity index (χ3n) is 4.11. The number of anilines is 1. The van der Waals surface area contributed by atoms with Crippen LogP contribution in [0.3, 0.4) is 0 Å². The number of aromatic nitrogens is 3. The Balaban J connectivity index is 1.94. The summed E-state index contributed by atoms with van der Waals surface area (Å²) in [4.78, 5) is 6.17. The number of rotatable bonds is 1. The van der Waals surface area contributed by atoms with E-state index < -0.39 is 0 Å². The first-order valence-corrected chi connectivity index (χ1v) is 7.77. The van der Waals surface area contributed by atoms with Gasteiger partial charge in [-0.2, -0.15) is 5.10 Å². The maximum Gasteiger partial charge on any atom is 0.129 e. The molecule has 4 nitrogen and oxygen atoms in total. The smallest absolute Gasteiger partial charge is 0.129 e. The second kappa shape index (κ2) is 4.18. The first kappa shape index (κ1) is 12.6. The molecule has 0 spiro atoms. The number of thiazole rings is 1. The summed E-state index contributed by atoms with van der Waals surface area (Å²) in [5.74, 6) is 0.577. The lowest BCUT2D eigenvalue weighted by atomic mass is 9.74. The van der Waals surface area contributed by atoms with Crippen LogP contribution in [0.5, 0.6) is 0 Å². The van der Waals surface area contributed by atoms with Crippen molar-refractivity contribution in [1.82, 2.24) is 15.2 Å². The molecule has 1 aliphatic carbocycles. The zero-order chi connectivity index (χ0) is 14.6. The molecule has 5 heteroatoms. The SMILES string of the molecule is CC1(C)Cc2sc(-c3cn[nH]c3N)nc2-c2ccccc21. The molecule has 0 saturated heterocycles. The lowest BCUT2D eigenvalue weighted by molar-refractivity contribution is 0.521. The van der Waals surface area contributed by atoms with Crippen LogP contribution in [0.4, 0.5) is 5.82 Å². The maximum absolute atomic E-state index is 5.93. The largest absolute Gasteiger partial charge is 0.383 e. The van der Waals surface area contributed by atoms with Gasteiger partial charge in [0.25, 0.3) is 0 Å². The van der Waals surface area contributed by atoms with Crippen molar-refractivity contribution in [1.29, 1.82) is 0 Å². The Morgan fingerprint density at radius 1 is 1.24 bits per heavy atom. The summed E-state index contributed by atoms with van der Waals surface area (Å²) in [5, 5.41) is 7.71. The number of nitrogens with one attached hydrogen (secondary N) is 1. The van der Waals surface area contributed by atoms with Gasteiger partial charge in [0.1, 0.15) is 10.8 Å². The van der Waals surface area contributed by atoms with Crippen LogP contribution < -0.4 is 5.73 Å². The molecule has 0 saturated carbocycles. The topological polar surface area (TPSA) is 67.6 Å². The van der Waals surface area contributed by atoms with E-state index in [1.165, 1.54) is 16.0 Å². The van der Waals surface area contributed by atoms with Crippen molar-refractivity contribution in [2.45, 2.75) is 25.7 Å². The molecule has 21 heavy (non-hydrogen) atoms. The Morgan fingerprint density at radius 3 is 2.81 bits per heavy atom. The minimum atomic E-state index is 0.134. The van der Waals surface area contributed by atoms with Crippen LogP contribution in [0, 0.1) is 0 Å². The highest BCUT2D eigenvalue weighted by molar-refractivity contribution is 7.15. The molecule has 1 aromatic carbocycles. The molecule has 3 N–H and O–H groups in total. The fourth-order valence-electron chi connectivity index (χ4n) is 3.04. The van der Waals surface area contributed by atoms with Gasteiger partial charge >= 0.3 is 0 Å². The van der Waals surface area contributed by atoms with Crippen molar-refractivity contribution in [3.63, 3.8) is 0 Å². The van der Waals surface area contributed by atoms with Gasteiger partial charge < -0.3 is 5.73 Å². The first-order valence-electron chi connectivity index (χ1n) is 6.95. The number of benzene rings is 1. The number of hydrogen-bond donors (Lipinski definition) is 2. The van der Waals surface area contributed by atoms with Crippen LogP contribution >= 0.6 is 11.3 Å². The van der Waals surface area contributed by atoms with E-state index in [9.17, 15) is 0 Å². The number of fused-ring (bicyclic) bond motifs is 3. The number of nitrogen functional groups attached to an aromatic ring is 1. The van der Waals surface area contributed by atoms with E-state index >= 15 is 0 Å². The minimum Gasteiger partial charge on any atom is -0.383 e. The second-order valence-electron chi connectivity index (χ2n) is 6.09.